The van der Waals surface area contributed by atoms with E-state index in [0.29, 0.717) is 11.8 Å². The van der Waals surface area contributed by atoms with E-state index >= 15 is 0 Å². The average molecular weight is 291 g/mol. The van der Waals surface area contributed by atoms with E-state index < -0.39 is 0 Å². The van der Waals surface area contributed by atoms with Crippen molar-refractivity contribution in [3.05, 3.63) is 35.6 Å². The Bertz CT molecular complexity index is 520. The maximum atomic E-state index is 13.2. The van der Waals surface area contributed by atoms with Crippen molar-refractivity contribution in [2.75, 3.05) is 40.3 Å². The molecule has 1 aromatic rings. The number of carbonyl (C=O) groups is 1. The summed E-state index contributed by atoms with van der Waals surface area (Å²) >= 11 is 0. The fraction of sp³-hybridized carbons (Fsp3) is 0.562. The Morgan fingerprint density at radius 3 is 2.48 bits per heavy atom. The van der Waals surface area contributed by atoms with E-state index in [-0.39, 0.29) is 11.8 Å². The molecule has 2 aliphatic rings. The van der Waals surface area contributed by atoms with Crippen molar-refractivity contribution in [3.63, 3.8) is 0 Å². The van der Waals surface area contributed by atoms with Crippen molar-refractivity contribution in [1.29, 1.82) is 0 Å². The normalized spacial score (nSPS) is 25.2. The molecular weight excluding hydrogens is 269 g/mol. The molecule has 0 aliphatic carbocycles. The molecule has 2 amide bonds. The maximum Gasteiger partial charge on any atom is 0.319 e. The van der Waals surface area contributed by atoms with E-state index in [9.17, 15) is 9.18 Å². The standard InChI is InChI=1S/C16H22FN3O/c1-18(2)16(21)20-10-13-8-19(9-14(13)11-20)7-12-4-3-5-15(17)6-12/h3-6,13-14H,7-11H2,1-2H3/t13-,14-/m1/s1. The SMILES string of the molecule is CN(C)C(=O)N1C[C@H]2CN(Cc3cccc(F)c3)C[C@@H]2C1. The summed E-state index contributed by atoms with van der Waals surface area (Å²) in [6.07, 6.45) is 0. The van der Waals surface area contributed by atoms with Crippen molar-refractivity contribution < 1.29 is 9.18 Å². The van der Waals surface area contributed by atoms with E-state index in [1.165, 1.54) is 6.07 Å². The molecule has 21 heavy (non-hydrogen) atoms. The molecule has 5 heteroatoms. The second-order valence-corrected chi connectivity index (χ2v) is 6.43. The molecule has 0 radical (unpaired) electrons. The lowest BCUT2D eigenvalue weighted by Crippen LogP contribution is -2.39. The summed E-state index contributed by atoms with van der Waals surface area (Å²) in [7, 11) is 3.60. The predicted molar refractivity (Wildman–Crippen MR) is 79.3 cm³/mol. The third-order valence-electron chi connectivity index (χ3n) is 4.51. The van der Waals surface area contributed by atoms with Gasteiger partial charge in [-0.25, -0.2) is 9.18 Å². The zero-order chi connectivity index (χ0) is 15.0. The van der Waals surface area contributed by atoms with Crippen molar-refractivity contribution >= 4 is 6.03 Å². The van der Waals surface area contributed by atoms with E-state index in [1.807, 2.05) is 11.0 Å². The lowest BCUT2D eigenvalue weighted by molar-refractivity contribution is 0.173. The number of rotatable bonds is 2. The number of amides is 2. The van der Waals surface area contributed by atoms with E-state index in [4.69, 9.17) is 0 Å². The van der Waals surface area contributed by atoms with Crippen LogP contribution in [0.15, 0.2) is 24.3 Å². The summed E-state index contributed by atoms with van der Waals surface area (Å²) in [5, 5.41) is 0. The molecule has 2 aliphatic heterocycles. The van der Waals surface area contributed by atoms with E-state index in [1.54, 1.807) is 31.1 Å². The average Bonchev–Trinajstić information content (AvgIpc) is 2.95. The zero-order valence-corrected chi connectivity index (χ0v) is 12.6. The minimum absolute atomic E-state index is 0.112. The van der Waals surface area contributed by atoms with Gasteiger partial charge in [0.25, 0.3) is 0 Å². The van der Waals surface area contributed by atoms with Gasteiger partial charge in [-0.3, -0.25) is 4.90 Å². The Kier molecular flexibility index (Phi) is 3.85. The molecule has 4 nitrogen and oxygen atoms in total. The molecule has 2 fully saturated rings. The van der Waals surface area contributed by atoms with Gasteiger partial charge in [-0.1, -0.05) is 12.1 Å². The van der Waals surface area contributed by atoms with Crippen LogP contribution in [-0.4, -0.2) is 61.0 Å². The quantitative estimate of drug-likeness (QED) is 0.832. The molecule has 3 rings (SSSR count). The van der Waals surface area contributed by atoms with Crippen molar-refractivity contribution in [2.45, 2.75) is 6.54 Å². The molecule has 0 aromatic heterocycles. The van der Waals surface area contributed by atoms with Gasteiger partial charge in [-0.05, 0) is 29.5 Å². The molecular formula is C16H22FN3O. The number of benzene rings is 1. The molecule has 0 unspecified atom stereocenters. The van der Waals surface area contributed by atoms with Gasteiger partial charge in [0.2, 0.25) is 0 Å². The van der Waals surface area contributed by atoms with E-state index in [0.717, 1.165) is 38.3 Å². The van der Waals surface area contributed by atoms with Gasteiger partial charge >= 0.3 is 6.03 Å². The smallest absolute Gasteiger partial charge is 0.319 e. The van der Waals surface area contributed by atoms with Gasteiger partial charge in [-0.15, -0.1) is 0 Å². The van der Waals surface area contributed by atoms with Crippen LogP contribution >= 0.6 is 0 Å². The number of likely N-dealkylation sites (tertiary alicyclic amines) is 2. The number of hydrogen-bond donors (Lipinski definition) is 0. The number of hydrogen-bond acceptors (Lipinski definition) is 2. The third kappa shape index (κ3) is 3.02. The highest BCUT2D eigenvalue weighted by molar-refractivity contribution is 5.74. The fourth-order valence-electron chi connectivity index (χ4n) is 3.55. The Morgan fingerprint density at radius 2 is 1.90 bits per heavy atom. The molecule has 0 N–H and O–H groups in total. The number of fused-ring (bicyclic) bond motifs is 1. The molecule has 0 bridgehead atoms. The first-order chi connectivity index (χ1) is 10.0. The summed E-state index contributed by atoms with van der Waals surface area (Å²) in [5.41, 5.74) is 1.02. The highest BCUT2D eigenvalue weighted by Crippen LogP contribution is 2.32. The van der Waals surface area contributed by atoms with Crippen LogP contribution in [0.25, 0.3) is 0 Å². The van der Waals surface area contributed by atoms with Gasteiger partial charge in [0.1, 0.15) is 5.82 Å². The predicted octanol–water partition coefficient (Wildman–Crippen LogP) is 1.87. The van der Waals surface area contributed by atoms with Crippen LogP contribution in [-0.2, 0) is 6.54 Å². The molecule has 2 saturated heterocycles. The monoisotopic (exact) mass is 291 g/mol. The van der Waals surface area contributed by atoms with Crippen LogP contribution < -0.4 is 0 Å². The number of halogens is 1. The van der Waals surface area contributed by atoms with Crippen LogP contribution in [0.3, 0.4) is 0 Å². The van der Waals surface area contributed by atoms with Crippen molar-refractivity contribution in [1.82, 2.24) is 14.7 Å². The van der Waals surface area contributed by atoms with Crippen LogP contribution in [0, 0.1) is 17.7 Å². The highest BCUT2D eigenvalue weighted by Gasteiger charge is 2.41. The highest BCUT2D eigenvalue weighted by atomic mass is 19.1. The fourth-order valence-corrected chi connectivity index (χ4v) is 3.55. The first-order valence-corrected chi connectivity index (χ1v) is 7.46. The van der Waals surface area contributed by atoms with Crippen LogP contribution in [0.5, 0.6) is 0 Å². The summed E-state index contributed by atoms with van der Waals surface area (Å²) < 4.78 is 13.2. The maximum absolute atomic E-state index is 13.2. The van der Waals surface area contributed by atoms with Crippen LogP contribution in [0.1, 0.15) is 5.56 Å². The first-order valence-electron chi connectivity index (χ1n) is 7.46. The van der Waals surface area contributed by atoms with Crippen LogP contribution in [0.2, 0.25) is 0 Å². The minimum Gasteiger partial charge on any atom is -0.331 e. The third-order valence-corrected chi connectivity index (χ3v) is 4.51. The molecule has 2 heterocycles. The molecule has 0 spiro atoms. The Balaban J connectivity index is 1.56. The van der Waals surface area contributed by atoms with Gasteiger partial charge in [0, 0.05) is 46.8 Å². The number of urea groups is 1. The van der Waals surface area contributed by atoms with Gasteiger partial charge in [-0.2, -0.15) is 0 Å². The van der Waals surface area contributed by atoms with Gasteiger partial charge in [0.05, 0.1) is 0 Å². The number of carbonyl (C=O) groups excluding carboxylic acids is 1. The Hall–Kier alpha value is -1.62. The topological polar surface area (TPSA) is 26.8 Å². The molecule has 0 saturated carbocycles. The second-order valence-electron chi connectivity index (χ2n) is 6.43. The van der Waals surface area contributed by atoms with Crippen molar-refractivity contribution in [2.24, 2.45) is 11.8 Å². The lowest BCUT2D eigenvalue weighted by Gasteiger charge is -2.24. The Labute approximate surface area is 125 Å². The summed E-state index contributed by atoms with van der Waals surface area (Å²) in [6, 6.07) is 6.93. The summed E-state index contributed by atoms with van der Waals surface area (Å²) in [6.45, 7) is 4.49. The first kappa shape index (κ1) is 14.3. The molecule has 114 valence electrons. The van der Waals surface area contributed by atoms with Crippen molar-refractivity contribution in [3.8, 4) is 0 Å². The molecule has 1 aromatic carbocycles. The molecule has 2 atom stereocenters. The van der Waals surface area contributed by atoms with Crippen LogP contribution in [0.4, 0.5) is 9.18 Å². The summed E-state index contributed by atoms with van der Waals surface area (Å²) in [4.78, 5) is 18.0. The summed E-state index contributed by atoms with van der Waals surface area (Å²) in [5.74, 6) is 0.944. The largest absolute Gasteiger partial charge is 0.331 e. The number of nitrogens with zero attached hydrogens (tertiary/aromatic N) is 3. The van der Waals surface area contributed by atoms with Gasteiger partial charge < -0.3 is 9.80 Å². The van der Waals surface area contributed by atoms with E-state index in [2.05, 4.69) is 4.90 Å². The Morgan fingerprint density at radius 1 is 1.24 bits per heavy atom. The zero-order valence-electron chi connectivity index (χ0n) is 12.6. The second kappa shape index (κ2) is 5.64. The lowest BCUT2D eigenvalue weighted by atomic mass is 10.0. The van der Waals surface area contributed by atoms with Gasteiger partial charge in [0.15, 0.2) is 0 Å². The minimum atomic E-state index is -0.172.